The van der Waals surface area contributed by atoms with Crippen LogP contribution in [0.15, 0.2) is 48.5 Å². The average Bonchev–Trinajstić information content (AvgIpc) is 2.46. The molecule has 1 heteroatoms. The highest BCUT2D eigenvalue weighted by molar-refractivity contribution is 9.09. The first kappa shape index (κ1) is 15.3. The van der Waals surface area contributed by atoms with Crippen molar-refractivity contribution in [3.8, 4) is 0 Å². The van der Waals surface area contributed by atoms with E-state index in [-0.39, 0.29) is 4.83 Å². The number of halogens is 1. The highest BCUT2D eigenvalue weighted by Gasteiger charge is 2.17. The SMILES string of the molecule is CC(C)c1ccc(C(Br)c2ccccc2)c(C(C)C)c1. The van der Waals surface area contributed by atoms with Gasteiger partial charge in [0.1, 0.15) is 0 Å². The molecule has 0 nitrogen and oxygen atoms in total. The summed E-state index contributed by atoms with van der Waals surface area (Å²) in [6, 6.07) is 17.6. The summed E-state index contributed by atoms with van der Waals surface area (Å²) >= 11 is 3.87. The van der Waals surface area contributed by atoms with Gasteiger partial charge in [0.25, 0.3) is 0 Å². The molecule has 2 rings (SSSR count). The van der Waals surface area contributed by atoms with E-state index in [1.54, 1.807) is 0 Å². The molecule has 2 aromatic carbocycles. The van der Waals surface area contributed by atoms with Crippen LogP contribution in [0.1, 0.15) is 66.6 Å². The molecule has 106 valence electrons. The van der Waals surface area contributed by atoms with Gasteiger partial charge in [-0.15, -0.1) is 0 Å². The van der Waals surface area contributed by atoms with Gasteiger partial charge in [-0.3, -0.25) is 0 Å². The van der Waals surface area contributed by atoms with Crippen LogP contribution in [0.2, 0.25) is 0 Å². The van der Waals surface area contributed by atoms with Crippen LogP contribution >= 0.6 is 15.9 Å². The maximum absolute atomic E-state index is 3.87. The molecule has 0 aliphatic carbocycles. The molecule has 1 atom stereocenters. The number of rotatable bonds is 4. The van der Waals surface area contributed by atoms with E-state index < -0.39 is 0 Å². The van der Waals surface area contributed by atoms with Gasteiger partial charge in [0, 0.05) is 0 Å². The Bertz CT molecular complexity index is 555. The molecule has 0 heterocycles. The molecule has 0 radical (unpaired) electrons. The molecule has 0 amide bonds. The van der Waals surface area contributed by atoms with Crippen LogP contribution < -0.4 is 0 Å². The largest absolute Gasteiger partial charge is 0.0786 e. The first-order valence-corrected chi connectivity index (χ1v) is 8.25. The van der Waals surface area contributed by atoms with Gasteiger partial charge in [-0.2, -0.15) is 0 Å². The van der Waals surface area contributed by atoms with Crippen LogP contribution in [0.3, 0.4) is 0 Å². The van der Waals surface area contributed by atoms with Crippen molar-refractivity contribution >= 4 is 15.9 Å². The summed E-state index contributed by atoms with van der Waals surface area (Å²) < 4.78 is 0. The fraction of sp³-hybridized carbons (Fsp3) is 0.368. The van der Waals surface area contributed by atoms with E-state index in [1.165, 1.54) is 22.3 Å². The summed E-state index contributed by atoms with van der Waals surface area (Å²) in [4.78, 5) is 0.266. The fourth-order valence-corrected chi connectivity index (χ4v) is 3.21. The van der Waals surface area contributed by atoms with Crippen molar-refractivity contribution in [3.63, 3.8) is 0 Å². The molecular formula is C19H23Br. The first-order chi connectivity index (χ1) is 9.50. The average molecular weight is 331 g/mol. The fourth-order valence-electron chi connectivity index (χ4n) is 2.48. The standard InChI is InChI=1S/C19H23Br/c1-13(2)16-10-11-17(18(12-16)14(3)4)19(20)15-8-6-5-7-9-15/h5-14,19H,1-4H3. The molecule has 20 heavy (non-hydrogen) atoms. The topological polar surface area (TPSA) is 0 Å². The Hall–Kier alpha value is -1.08. The van der Waals surface area contributed by atoms with Gasteiger partial charge in [0.2, 0.25) is 0 Å². The molecule has 0 aromatic heterocycles. The van der Waals surface area contributed by atoms with Crippen LogP contribution in [-0.4, -0.2) is 0 Å². The van der Waals surface area contributed by atoms with Gasteiger partial charge in [-0.05, 0) is 34.1 Å². The lowest BCUT2D eigenvalue weighted by molar-refractivity contribution is 0.820. The number of hydrogen-bond acceptors (Lipinski definition) is 0. The Labute approximate surface area is 131 Å². The summed E-state index contributed by atoms with van der Waals surface area (Å²) in [6.45, 7) is 9.05. The molecule has 0 aliphatic heterocycles. The molecule has 0 saturated heterocycles. The molecule has 2 aromatic rings. The van der Waals surface area contributed by atoms with E-state index in [1.807, 2.05) is 0 Å². The lowest BCUT2D eigenvalue weighted by Crippen LogP contribution is -2.02. The van der Waals surface area contributed by atoms with E-state index in [0.717, 1.165) is 0 Å². The maximum Gasteiger partial charge on any atom is 0.0647 e. The van der Waals surface area contributed by atoms with Crippen LogP contribution in [0.25, 0.3) is 0 Å². The third kappa shape index (κ3) is 3.32. The van der Waals surface area contributed by atoms with E-state index in [2.05, 4.69) is 92.2 Å². The highest BCUT2D eigenvalue weighted by atomic mass is 79.9. The van der Waals surface area contributed by atoms with Crippen molar-refractivity contribution in [1.29, 1.82) is 0 Å². The zero-order valence-corrected chi connectivity index (χ0v) is 14.3. The van der Waals surface area contributed by atoms with Gasteiger partial charge in [0.05, 0.1) is 4.83 Å². The van der Waals surface area contributed by atoms with Crippen LogP contribution in [-0.2, 0) is 0 Å². The normalized spacial score (nSPS) is 12.9. The second-order valence-electron chi connectivity index (χ2n) is 5.97. The Morgan fingerprint density at radius 3 is 1.90 bits per heavy atom. The first-order valence-electron chi connectivity index (χ1n) is 7.33. The Balaban J connectivity index is 2.45. The van der Waals surface area contributed by atoms with E-state index in [4.69, 9.17) is 0 Å². The number of benzene rings is 2. The van der Waals surface area contributed by atoms with Crippen molar-refractivity contribution in [2.24, 2.45) is 0 Å². The highest BCUT2D eigenvalue weighted by Crippen LogP contribution is 2.36. The summed E-state index contributed by atoms with van der Waals surface area (Å²) in [5.41, 5.74) is 5.56. The zero-order chi connectivity index (χ0) is 14.7. The predicted molar refractivity (Wildman–Crippen MR) is 91.8 cm³/mol. The summed E-state index contributed by atoms with van der Waals surface area (Å²) in [6.07, 6.45) is 0. The summed E-state index contributed by atoms with van der Waals surface area (Å²) in [5.74, 6) is 1.11. The van der Waals surface area contributed by atoms with Crippen molar-refractivity contribution < 1.29 is 0 Å². The molecule has 0 aliphatic rings. The van der Waals surface area contributed by atoms with Crippen molar-refractivity contribution in [2.45, 2.75) is 44.4 Å². The Kier molecular flexibility index (Phi) is 5.04. The van der Waals surface area contributed by atoms with Crippen molar-refractivity contribution in [3.05, 3.63) is 70.8 Å². The van der Waals surface area contributed by atoms with Gasteiger partial charge in [-0.25, -0.2) is 0 Å². The second-order valence-corrected chi connectivity index (χ2v) is 6.89. The van der Waals surface area contributed by atoms with Crippen LogP contribution in [0, 0.1) is 0 Å². The minimum atomic E-state index is 0.266. The third-order valence-electron chi connectivity index (χ3n) is 3.76. The Morgan fingerprint density at radius 2 is 1.35 bits per heavy atom. The number of alkyl halides is 1. The maximum atomic E-state index is 3.87. The lowest BCUT2D eigenvalue weighted by Gasteiger charge is -2.20. The van der Waals surface area contributed by atoms with Gasteiger partial charge in [-0.1, -0.05) is 92.2 Å². The van der Waals surface area contributed by atoms with E-state index in [9.17, 15) is 0 Å². The van der Waals surface area contributed by atoms with Crippen LogP contribution in [0.5, 0.6) is 0 Å². The molecule has 1 unspecified atom stereocenters. The lowest BCUT2D eigenvalue weighted by atomic mass is 9.89. The Morgan fingerprint density at radius 1 is 0.700 bits per heavy atom. The van der Waals surface area contributed by atoms with Gasteiger partial charge in [0.15, 0.2) is 0 Å². The second kappa shape index (κ2) is 6.58. The number of hydrogen-bond donors (Lipinski definition) is 0. The molecule has 0 bridgehead atoms. The predicted octanol–water partition coefficient (Wildman–Crippen LogP) is 6.42. The summed E-state index contributed by atoms with van der Waals surface area (Å²) in [5, 5.41) is 0. The minimum absolute atomic E-state index is 0.266. The van der Waals surface area contributed by atoms with E-state index >= 15 is 0 Å². The summed E-state index contributed by atoms with van der Waals surface area (Å²) in [7, 11) is 0. The van der Waals surface area contributed by atoms with Crippen molar-refractivity contribution in [1.82, 2.24) is 0 Å². The molecule has 0 saturated carbocycles. The molecular weight excluding hydrogens is 308 g/mol. The minimum Gasteiger partial charge on any atom is -0.0786 e. The monoisotopic (exact) mass is 330 g/mol. The smallest absolute Gasteiger partial charge is 0.0647 e. The molecule has 0 fully saturated rings. The quantitative estimate of drug-likeness (QED) is 0.567. The third-order valence-corrected chi connectivity index (χ3v) is 4.79. The van der Waals surface area contributed by atoms with Crippen molar-refractivity contribution in [2.75, 3.05) is 0 Å². The van der Waals surface area contributed by atoms with E-state index in [0.29, 0.717) is 11.8 Å². The van der Waals surface area contributed by atoms with Gasteiger partial charge < -0.3 is 0 Å². The van der Waals surface area contributed by atoms with Gasteiger partial charge >= 0.3 is 0 Å². The van der Waals surface area contributed by atoms with Crippen LogP contribution in [0.4, 0.5) is 0 Å². The molecule has 0 N–H and O–H groups in total. The molecule has 0 spiro atoms. The zero-order valence-electron chi connectivity index (χ0n) is 12.7.